The first-order valence-electron chi connectivity index (χ1n) is 7.81. The molecule has 0 aliphatic carbocycles. The van der Waals surface area contributed by atoms with Gasteiger partial charge in [0.05, 0.1) is 25.5 Å². The lowest BCUT2D eigenvalue weighted by atomic mass is 10.0. The van der Waals surface area contributed by atoms with Gasteiger partial charge in [0.1, 0.15) is 6.54 Å². The number of carbonyl (C=O) groups excluding carboxylic acids is 2. The maximum absolute atomic E-state index is 12.1. The first kappa shape index (κ1) is 14.9. The standard InChI is InChI=1S/C15H21N3O4/c1-3-21-14(19)9-17-13-7-10-5-6-12(11(13)8-16-17)18(10)15(20)22-4-2/h8,10,12H,3-7,9H2,1-2H3. The predicted octanol–water partition coefficient (Wildman–Crippen LogP) is 1.66. The van der Waals surface area contributed by atoms with Gasteiger partial charge in [0, 0.05) is 23.7 Å². The number of hydrogen-bond acceptors (Lipinski definition) is 5. The van der Waals surface area contributed by atoms with E-state index in [9.17, 15) is 9.59 Å². The van der Waals surface area contributed by atoms with Gasteiger partial charge in [-0.05, 0) is 26.7 Å². The van der Waals surface area contributed by atoms with Crippen LogP contribution in [-0.4, -0.2) is 46.0 Å². The summed E-state index contributed by atoms with van der Waals surface area (Å²) in [4.78, 5) is 25.6. The van der Waals surface area contributed by atoms with Gasteiger partial charge < -0.3 is 9.47 Å². The van der Waals surface area contributed by atoms with Gasteiger partial charge >= 0.3 is 12.1 Å². The number of hydrogen-bond donors (Lipinski definition) is 0. The van der Waals surface area contributed by atoms with Crippen LogP contribution in [0.5, 0.6) is 0 Å². The molecule has 3 rings (SSSR count). The number of aromatic nitrogens is 2. The lowest BCUT2D eigenvalue weighted by molar-refractivity contribution is -0.144. The number of nitrogens with zero attached hydrogens (tertiary/aromatic N) is 3. The van der Waals surface area contributed by atoms with Crippen LogP contribution in [0, 0.1) is 0 Å². The average Bonchev–Trinajstić information content (AvgIpc) is 3.02. The van der Waals surface area contributed by atoms with Crippen molar-refractivity contribution in [3.63, 3.8) is 0 Å². The number of fused-ring (bicyclic) bond motifs is 4. The van der Waals surface area contributed by atoms with Gasteiger partial charge in [-0.15, -0.1) is 0 Å². The second kappa shape index (κ2) is 5.98. The molecule has 2 bridgehead atoms. The Morgan fingerprint density at radius 1 is 1.27 bits per heavy atom. The fraction of sp³-hybridized carbons (Fsp3) is 0.667. The van der Waals surface area contributed by atoms with Crippen LogP contribution in [0.4, 0.5) is 4.79 Å². The molecule has 2 unspecified atom stereocenters. The van der Waals surface area contributed by atoms with Gasteiger partial charge in [-0.1, -0.05) is 0 Å². The summed E-state index contributed by atoms with van der Waals surface area (Å²) in [5, 5.41) is 4.32. The predicted molar refractivity (Wildman–Crippen MR) is 77.2 cm³/mol. The van der Waals surface area contributed by atoms with Crippen LogP contribution in [0.2, 0.25) is 0 Å². The second-order valence-electron chi connectivity index (χ2n) is 5.57. The molecule has 3 heterocycles. The van der Waals surface area contributed by atoms with Crippen molar-refractivity contribution in [3.05, 3.63) is 17.5 Å². The van der Waals surface area contributed by atoms with Crippen LogP contribution in [0.25, 0.3) is 0 Å². The normalized spacial score (nSPS) is 22.4. The van der Waals surface area contributed by atoms with E-state index < -0.39 is 0 Å². The molecule has 1 fully saturated rings. The fourth-order valence-corrected chi connectivity index (χ4v) is 3.48. The summed E-state index contributed by atoms with van der Waals surface area (Å²) >= 11 is 0. The summed E-state index contributed by atoms with van der Waals surface area (Å²) in [6.07, 6.45) is 4.11. The molecular weight excluding hydrogens is 286 g/mol. The Balaban J connectivity index is 1.82. The van der Waals surface area contributed by atoms with Gasteiger partial charge in [0.15, 0.2) is 0 Å². The molecule has 120 valence electrons. The van der Waals surface area contributed by atoms with Crippen LogP contribution in [0.1, 0.15) is 44.0 Å². The largest absolute Gasteiger partial charge is 0.465 e. The van der Waals surface area contributed by atoms with Crippen LogP contribution in [0.15, 0.2) is 6.20 Å². The van der Waals surface area contributed by atoms with Gasteiger partial charge in [-0.25, -0.2) is 4.79 Å². The number of carbonyl (C=O) groups is 2. The molecule has 22 heavy (non-hydrogen) atoms. The molecule has 0 aromatic carbocycles. The summed E-state index contributed by atoms with van der Waals surface area (Å²) in [5.74, 6) is -0.284. The third kappa shape index (κ3) is 2.44. The third-order valence-electron chi connectivity index (χ3n) is 4.33. The van der Waals surface area contributed by atoms with E-state index in [2.05, 4.69) is 5.10 Å². The maximum Gasteiger partial charge on any atom is 0.410 e. The van der Waals surface area contributed by atoms with Crippen molar-refractivity contribution in [2.24, 2.45) is 0 Å². The molecule has 1 aromatic rings. The summed E-state index contributed by atoms with van der Waals surface area (Å²) in [5.41, 5.74) is 2.08. The zero-order valence-corrected chi connectivity index (χ0v) is 12.9. The molecule has 0 saturated carbocycles. The highest BCUT2D eigenvalue weighted by atomic mass is 16.6. The Morgan fingerprint density at radius 3 is 2.77 bits per heavy atom. The SMILES string of the molecule is CCOC(=O)Cn1ncc2c1CC1CCC2N1C(=O)OCC. The summed E-state index contributed by atoms with van der Waals surface area (Å²) in [6.45, 7) is 4.47. The van der Waals surface area contributed by atoms with Gasteiger partial charge in [0.2, 0.25) is 0 Å². The number of ether oxygens (including phenoxy) is 2. The van der Waals surface area contributed by atoms with E-state index >= 15 is 0 Å². The Morgan fingerprint density at radius 2 is 2.05 bits per heavy atom. The molecule has 0 N–H and O–H groups in total. The topological polar surface area (TPSA) is 73.7 Å². The minimum absolute atomic E-state index is 0.0174. The molecule has 0 spiro atoms. The van der Waals surface area contributed by atoms with E-state index in [1.165, 1.54) is 0 Å². The quantitative estimate of drug-likeness (QED) is 0.791. The molecule has 2 aliphatic heterocycles. The third-order valence-corrected chi connectivity index (χ3v) is 4.33. The van der Waals surface area contributed by atoms with Crippen molar-refractivity contribution >= 4 is 12.1 Å². The van der Waals surface area contributed by atoms with Crippen molar-refractivity contribution in [3.8, 4) is 0 Å². The van der Waals surface area contributed by atoms with E-state index in [1.54, 1.807) is 17.8 Å². The van der Waals surface area contributed by atoms with Gasteiger partial charge in [-0.2, -0.15) is 5.10 Å². The molecule has 7 nitrogen and oxygen atoms in total. The van der Waals surface area contributed by atoms with E-state index in [4.69, 9.17) is 9.47 Å². The molecule has 0 radical (unpaired) electrons. The van der Waals surface area contributed by atoms with Crippen molar-refractivity contribution in [2.45, 2.75) is 51.7 Å². The molecule has 2 aliphatic rings. The van der Waals surface area contributed by atoms with E-state index in [1.807, 2.05) is 11.8 Å². The summed E-state index contributed by atoms with van der Waals surface area (Å²) < 4.78 is 11.9. The van der Waals surface area contributed by atoms with Crippen molar-refractivity contribution in [1.82, 2.24) is 14.7 Å². The first-order valence-corrected chi connectivity index (χ1v) is 7.81. The molecule has 1 aromatic heterocycles. The lowest BCUT2D eigenvalue weighted by Crippen LogP contribution is -2.42. The van der Waals surface area contributed by atoms with Crippen LogP contribution in [-0.2, 0) is 27.2 Å². The Kier molecular flexibility index (Phi) is 4.04. The zero-order valence-electron chi connectivity index (χ0n) is 12.9. The molecule has 1 saturated heterocycles. The highest BCUT2D eigenvalue weighted by molar-refractivity contribution is 5.71. The van der Waals surface area contributed by atoms with Crippen LogP contribution in [0.3, 0.4) is 0 Å². The van der Waals surface area contributed by atoms with Crippen molar-refractivity contribution in [2.75, 3.05) is 13.2 Å². The average molecular weight is 307 g/mol. The van der Waals surface area contributed by atoms with E-state index in [-0.39, 0.29) is 30.7 Å². The van der Waals surface area contributed by atoms with Gasteiger partial charge in [0.25, 0.3) is 0 Å². The highest BCUT2D eigenvalue weighted by Crippen LogP contribution is 2.43. The smallest absolute Gasteiger partial charge is 0.410 e. The van der Waals surface area contributed by atoms with Crippen molar-refractivity contribution in [1.29, 1.82) is 0 Å². The van der Waals surface area contributed by atoms with Gasteiger partial charge in [-0.3, -0.25) is 14.4 Å². The van der Waals surface area contributed by atoms with E-state index in [0.29, 0.717) is 19.6 Å². The van der Waals surface area contributed by atoms with E-state index in [0.717, 1.165) is 24.1 Å². The molecule has 7 heteroatoms. The minimum Gasteiger partial charge on any atom is -0.465 e. The van der Waals surface area contributed by atoms with Crippen LogP contribution < -0.4 is 0 Å². The monoisotopic (exact) mass is 307 g/mol. The molecule has 2 atom stereocenters. The van der Waals surface area contributed by atoms with Crippen LogP contribution >= 0.6 is 0 Å². The summed E-state index contributed by atoms with van der Waals surface area (Å²) in [7, 11) is 0. The minimum atomic E-state index is -0.284. The summed E-state index contributed by atoms with van der Waals surface area (Å²) in [6, 6.07) is 0.151. The highest BCUT2D eigenvalue weighted by Gasteiger charge is 2.45. The molecular formula is C15H21N3O4. The second-order valence-corrected chi connectivity index (χ2v) is 5.57. The number of rotatable bonds is 4. The zero-order chi connectivity index (χ0) is 15.7. The number of amides is 1. The number of esters is 1. The first-order chi connectivity index (χ1) is 10.7. The Hall–Kier alpha value is -2.05. The van der Waals surface area contributed by atoms with Crippen molar-refractivity contribution < 1.29 is 19.1 Å². The maximum atomic E-state index is 12.1. The molecule has 1 amide bonds. The Bertz CT molecular complexity index is 583. The Labute approximate surface area is 129 Å². The fourth-order valence-electron chi connectivity index (χ4n) is 3.48. The lowest BCUT2D eigenvalue weighted by Gasteiger charge is -2.34.